The SMILES string of the molecule is CC(C)(C)C1CC(n2ccnn2)=NO1. The Kier molecular flexibility index (Phi) is 2.02. The average Bonchev–Trinajstić information content (AvgIpc) is 2.73. The molecule has 2 heterocycles. The van der Waals surface area contributed by atoms with Gasteiger partial charge < -0.3 is 4.84 Å². The van der Waals surface area contributed by atoms with Gasteiger partial charge in [0.15, 0.2) is 5.84 Å². The summed E-state index contributed by atoms with van der Waals surface area (Å²) in [5.74, 6) is 0.822. The maximum absolute atomic E-state index is 5.35. The minimum absolute atomic E-state index is 0.103. The summed E-state index contributed by atoms with van der Waals surface area (Å²) >= 11 is 0. The fraction of sp³-hybridized carbons (Fsp3) is 0.667. The van der Waals surface area contributed by atoms with Crippen LogP contribution in [0.1, 0.15) is 27.2 Å². The zero-order chi connectivity index (χ0) is 10.2. The van der Waals surface area contributed by atoms with Crippen LogP contribution >= 0.6 is 0 Å². The van der Waals surface area contributed by atoms with Crippen molar-refractivity contribution in [2.24, 2.45) is 10.6 Å². The van der Waals surface area contributed by atoms with Crippen LogP contribution in [0.15, 0.2) is 17.5 Å². The summed E-state index contributed by atoms with van der Waals surface area (Å²) in [6.45, 7) is 6.41. The Morgan fingerprint density at radius 3 is 2.79 bits per heavy atom. The molecule has 0 N–H and O–H groups in total. The van der Waals surface area contributed by atoms with Crippen LogP contribution < -0.4 is 0 Å². The van der Waals surface area contributed by atoms with Crippen LogP contribution in [0.4, 0.5) is 0 Å². The highest BCUT2D eigenvalue weighted by Crippen LogP contribution is 2.28. The summed E-state index contributed by atoms with van der Waals surface area (Å²) in [4.78, 5) is 5.35. The molecule has 1 aromatic rings. The predicted molar refractivity (Wildman–Crippen MR) is 51.8 cm³/mol. The summed E-state index contributed by atoms with van der Waals surface area (Å²) in [5, 5.41) is 11.6. The van der Waals surface area contributed by atoms with E-state index in [0.29, 0.717) is 0 Å². The molecule has 0 fully saturated rings. The third-order valence-corrected chi connectivity index (χ3v) is 2.31. The van der Waals surface area contributed by atoms with Crippen molar-refractivity contribution in [3.63, 3.8) is 0 Å². The molecule has 1 aromatic heterocycles. The third kappa shape index (κ3) is 1.62. The van der Waals surface area contributed by atoms with Gasteiger partial charge in [0.05, 0.1) is 18.8 Å². The highest BCUT2D eigenvalue weighted by Gasteiger charge is 2.33. The molecular formula is C9H14N4O. The van der Waals surface area contributed by atoms with Crippen molar-refractivity contribution in [1.82, 2.24) is 15.0 Å². The second kappa shape index (κ2) is 3.08. The summed E-state index contributed by atoms with van der Waals surface area (Å²) in [5.41, 5.74) is 0.103. The average molecular weight is 194 g/mol. The molecule has 0 radical (unpaired) electrons. The Bertz CT molecular complexity index is 336. The number of nitrogens with zero attached hydrogens (tertiary/aromatic N) is 4. The van der Waals surface area contributed by atoms with Crippen LogP contribution in [0.3, 0.4) is 0 Å². The van der Waals surface area contributed by atoms with Crippen molar-refractivity contribution < 1.29 is 4.84 Å². The van der Waals surface area contributed by atoms with Crippen LogP contribution in [0.5, 0.6) is 0 Å². The first kappa shape index (κ1) is 9.18. The fourth-order valence-electron chi connectivity index (χ4n) is 1.31. The van der Waals surface area contributed by atoms with E-state index in [9.17, 15) is 0 Å². The second-order valence-electron chi connectivity index (χ2n) is 4.52. The Balaban J connectivity index is 2.08. The van der Waals surface area contributed by atoms with Gasteiger partial charge in [-0.2, -0.15) is 0 Å². The molecule has 1 aliphatic rings. The van der Waals surface area contributed by atoms with E-state index in [2.05, 4.69) is 36.2 Å². The summed E-state index contributed by atoms with van der Waals surface area (Å²) in [6, 6.07) is 0. The second-order valence-corrected chi connectivity index (χ2v) is 4.52. The molecule has 5 heteroatoms. The van der Waals surface area contributed by atoms with E-state index in [1.54, 1.807) is 17.1 Å². The lowest BCUT2D eigenvalue weighted by Gasteiger charge is -2.23. The largest absolute Gasteiger partial charge is 0.390 e. The molecule has 0 spiro atoms. The number of oxime groups is 1. The van der Waals surface area contributed by atoms with Crippen molar-refractivity contribution in [3.05, 3.63) is 12.4 Å². The first-order valence-electron chi connectivity index (χ1n) is 4.67. The van der Waals surface area contributed by atoms with Crippen molar-refractivity contribution >= 4 is 5.84 Å². The zero-order valence-electron chi connectivity index (χ0n) is 8.64. The van der Waals surface area contributed by atoms with E-state index in [4.69, 9.17) is 4.84 Å². The molecule has 5 nitrogen and oxygen atoms in total. The van der Waals surface area contributed by atoms with E-state index < -0.39 is 0 Å². The molecule has 0 amide bonds. The minimum atomic E-state index is 0.103. The van der Waals surface area contributed by atoms with Gasteiger partial charge in [-0.05, 0) is 0 Å². The molecule has 1 unspecified atom stereocenters. The molecule has 0 aromatic carbocycles. The molecule has 14 heavy (non-hydrogen) atoms. The van der Waals surface area contributed by atoms with Gasteiger partial charge in [0.1, 0.15) is 6.10 Å². The molecule has 1 atom stereocenters. The third-order valence-electron chi connectivity index (χ3n) is 2.31. The normalized spacial score (nSPS) is 21.9. The van der Waals surface area contributed by atoms with Gasteiger partial charge in [-0.25, -0.2) is 4.68 Å². The molecular weight excluding hydrogens is 180 g/mol. The van der Waals surface area contributed by atoms with Crippen LogP contribution in [-0.4, -0.2) is 26.9 Å². The van der Waals surface area contributed by atoms with Crippen LogP contribution in [0.2, 0.25) is 0 Å². The maximum Gasteiger partial charge on any atom is 0.174 e. The highest BCUT2D eigenvalue weighted by atomic mass is 16.6. The minimum Gasteiger partial charge on any atom is -0.390 e. The Morgan fingerprint density at radius 1 is 1.50 bits per heavy atom. The fourth-order valence-corrected chi connectivity index (χ4v) is 1.31. The lowest BCUT2D eigenvalue weighted by atomic mass is 9.87. The molecule has 1 aliphatic heterocycles. The number of hydrogen-bond donors (Lipinski definition) is 0. The van der Waals surface area contributed by atoms with Gasteiger partial charge in [0.25, 0.3) is 0 Å². The van der Waals surface area contributed by atoms with E-state index in [1.165, 1.54) is 0 Å². The van der Waals surface area contributed by atoms with Gasteiger partial charge in [-0.3, -0.25) is 0 Å². The lowest BCUT2D eigenvalue weighted by molar-refractivity contribution is 0.00830. The highest BCUT2D eigenvalue weighted by molar-refractivity contribution is 5.84. The standard InChI is InChI=1S/C9H14N4O/c1-9(2,3)7-6-8(11-14-7)13-5-4-10-12-13/h4-5,7H,6H2,1-3H3. The summed E-state index contributed by atoms with van der Waals surface area (Å²) in [7, 11) is 0. The van der Waals surface area contributed by atoms with Gasteiger partial charge >= 0.3 is 0 Å². The smallest absolute Gasteiger partial charge is 0.174 e. The Labute approximate surface area is 82.7 Å². The molecule has 0 saturated heterocycles. The van der Waals surface area contributed by atoms with Crippen LogP contribution in [-0.2, 0) is 4.84 Å². The van der Waals surface area contributed by atoms with Gasteiger partial charge in [0, 0.05) is 5.41 Å². The summed E-state index contributed by atoms with van der Waals surface area (Å²) in [6.07, 6.45) is 4.31. The lowest BCUT2D eigenvalue weighted by Crippen LogP contribution is -2.27. The van der Waals surface area contributed by atoms with Gasteiger partial charge in [0.2, 0.25) is 0 Å². The maximum atomic E-state index is 5.35. The van der Waals surface area contributed by atoms with Gasteiger partial charge in [-0.1, -0.05) is 31.1 Å². The molecule has 0 bridgehead atoms. The first-order valence-corrected chi connectivity index (χ1v) is 4.67. The molecule has 0 aliphatic carbocycles. The van der Waals surface area contributed by atoms with Crippen LogP contribution in [0.25, 0.3) is 0 Å². The molecule has 76 valence electrons. The summed E-state index contributed by atoms with van der Waals surface area (Å²) < 4.78 is 1.64. The zero-order valence-corrected chi connectivity index (χ0v) is 8.64. The van der Waals surface area contributed by atoms with Crippen molar-refractivity contribution in [1.29, 1.82) is 0 Å². The topological polar surface area (TPSA) is 52.3 Å². The quantitative estimate of drug-likeness (QED) is 0.625. The van der Waals surface area contributed by atoms with Crippen molar-refractivity contribution in [2.45, 2.75) is 33.3 Å². The van der Waals surface area contributed by atoms with Crippen molar-refractivity contribution in [3.8, 4) is 0 Å². The first-order chi connectivity index (χ1) is 6.57. The van der Waals surface area contributed by atoms with E-state index in [0.717, 1.165) is 12.3 Å². The van der Waals surface area contributed by atoms with E-state index in [1.807, 2.05) is 0 Å². The number of aromatic nitrogens is 3. The van der Waals surface area contributed by atoms with Crippen LogP contribution in [0, 0.1) is 5.41 Å². The number of rotatable bonds is 0. The molecule has 2 rings (SSSR count). The monoisotopic (exact) mass is 194 g/mol. The predicted octanol–water partition coefficient (Wildman–Crippen LogP) is 1.27. The van der Waals surface area contributed by atoms with Crippen molar-refractivity contribution in [2.75, 3.05) is 0 Å². The molecule has 0 saturated carbocycles. The van der Waals surface area contributed by atoms with E-state index >= 15 is 0 Å². The Morgan fingerprint density at radius 2 is 2.29 bits per heavy atom. The van der Waals surface area contributed by atoms with Gasteiger partial charge in [-0.15, -0.1) is 5.10 Å². The Hall–Kier alpha value is -1.39. The van der Waals surface area contributed by atoms with E-state index in [-0.39, 0.29) is 11.5 Å². The number of hydrogen-bond acceptors (Lipinski definition) is 4.